The van der Waals surface area contributed by atoms with E-state index in [9.17, 15) is 24.3 Å². The first kappa shape index (κ1) is 36.3. The molecule has 1 saturated carbocycles. The van der Waals surface area contributed by atoms with E-state index in [0.29, 0.717) is 35.7 Å². The number of nitrogens with zero attached hydrogens (tertiary/aromatic N) is 2. The number of benzene rings is 3. The zero-order chi connectivity index (χ0) is 37.0. The number of fused-ring (bicyclic) bond motifs is 1. The number of pyridine rings is 1. The second kappa shape index (κ2) is 15.4. The highest BCUT2D eigenvalue weighted by molar-refractivity contribution is 5.95. The molecule has 1 unspecified atom stereocenters. The molecule has 2 N–H and O–H groups in total. The minimum atomic E-state index is -1.23. The van der Waals surface area contributed by atoms with Crippen LogP contribution < -0.4 is 14.8 Å². The molecule has 2 aliphatic rings. The van der Waals surface area contributed by atoms with Crippen LogP contribution in [0.15, 0.2) is 97.6 Å². The monoisotopic (exact) mass is 703 g/mol. The van der Waals surface area contributed by atoms with E-state index in [0.717, 1.165) is 16.5 Å². The quantitative estimate of drug-likeness (QED) is 0.135. The predicted molar refractivity (Wildman–Crippen MR) is 197 cm³/mol. The van der Waals surface area contributed by atoms with Gasteiger partial charge in [-0.2, -0.15) is 0 Å². The van der Waals surface area contributed by atoms with Crippen molar-refractivity contribution in [2.24, 2.45) is 23.2 Å². The van der Waals surface area contributed by atoms with Crippen molar-refractivity contribution >= 4 is 34.5 Å². The first-order chi connectivity index (χ1) is 25.0. The third kappa shape index (κ3) is 7.71. The number of carbonyl (C=O) groups is 4. The number of amides is 2. The average molecular weight is 704 g/mol. The number of aromatic nitrogens is 1. The van der Waals surface area contributed by atoms with Gasteiger partial charge in [0.05, 0.1) is 36.3 Å². The molecule has 5 atom stereocenters. The van der Waals surface area contributed by atoms with Gasteiger partial charge in [-0.25, -0.2) is 4.98 Å². The number of hydrogen-bond donors (Lipinski definition) is 2. The summed E-state index contributed by atoms with van der Waals surface area (Å²) in [4.78, 5) is 60.4. The maximum Gasteiger partial charge on any atom is 0.310 e. The van der Waals surface area contributed by atoms with E-state index in [2.05, 4.69) is 11.9 Å². The van der Waals surface area contributed by atoms with Crippen LogP contribution in [0.1, 0.15) is 45.1 Å². The number of likely N-dealkylation sites (tertiary alicyclic amines) is 1. The number of carboxylic acids is 1. The average Bonchev–Trinajstić information content (AvgIpc) is 3.72. The van der Waals surface area contributed by atoms with E-state index in [-0.39, 0.29) is 55.2 Å². The zero-order valence-corrected chi connectivity index (χ0v) is 29.8. The second-order valence-corrected chi connectivity index (χ2v) is 14.2. The van der Waals surface area contributed by atoms with Crippen LogP contribution in [0.5, 0.6) is 11.5 Å². The molecular weight excluding hydrogens is 658 g/mol. The Kier molecular flexibility index (Phi) is 10.7. The number of allylic oxidation sites excluding steroid dienone is 1. The van der Waals surface area contributed by atoms with Gasteiger partial charge in [0.1, 0.15) is 17.6 Å². The van der Waals surface area contributed by atoms with Crippen molar-refractivity contribution in [3.63, 3.8) is 0 Å². The molecule has 2 fully saturated rings. The van der Waals surface area contributed by atoms with Crippen molar-refractivity contribution in [1.29, 1.82) is 0 Å². The third-order valence-corrected chi connectivity index (χ3v) is 10.5. The molecule has 1 aliphatic heterocycles. The van der Waals surface area contributed by atoms with Gasteiger partial charge in [-0.05, 0) is 36.0 Å². The summed E-state index contributed by atoms with van der Waals surface area (Å²) in [7, 11) is 1.59. The lowest BCUT2D eigenvalue weighted by atomic mass is 9.90. The molecule has 6 rings (SSSR count). The summed E-state index contributed by atoms with van der Waals surface area (Å²) < 4.78 is 12.1. The summed E-state index contributed by atoms with van der Waals surface area (Å²) in [6.45, 7) is 7.97. The second-order valence-electron chi connectivity index (χ2n) is 14.2. The van der Waals surface area contributed by atoms with Crippen LogP contribution in [0.4, 0.5) is 0 Å². The summed E-state index contributed by atoms with van der Waals surface area (Å²) in [5.74, 6) is -1.92. The van der Waals surface area contributed by atoms with Gasteiger partial charge in [0.15, 0.2) is 5.78 Å². The Hall–Kier alpha value is -5.51. The number of Topliss-reactive ketones (excluding diaryl/α,β-unsaturated/α-hetero) is 1. The van der Waals surface area contributed by atoms with Gasteiger partial charge >= 0.3 is 5.97 Å². The number of carbonyl (C=O) groups excluding carboxylic acids is 3. The summed E-state index contributed by atoms with van der Waals surface area (Å²) in [6, 6.07) is 25.7. The Morgan fingerprint density at radius 2 is 1.75 bits per heavy atom. The molecule has 4 aromatic rings. The molecule has 270 valence electrons. The van der Waals surface area contributed by atoms with Crippen LogP contribution in [0.25, 0.3) is 22.2 Å². The molecule has 10 heteroatoms. The smallest absolute Gasteiger partial charge is 0.310 e. The van der Waals surface area contributed by atoms with Crippen LogP contribution in [-0.4, -0.2) is 64.4 Å². The Balaban J connectivity index is 1.28. The van der Waals surface area contributed by atoms with Crippen LogP contribution in [-0.2, 0) is 25.7 Å². The summed E-state index contributed by atoms with van der Waals surface area (Å²) in [6.07, 6.45) is 1.16. The Labute approximate surface area is 303 Å². The van der Waals surface area contributed by atoms with E-state index in [1.807, 2.05) is 98.8 Å². The first-order valence-electron chi connectivity index (χ1n) is 17.7. The SMILES string of the molecule is C=CC1C[C@]1(CC(=O)[C@@H]1C[C@@H](Oc2cc(-c3ccccc3)nc3cc(OC)ccc23)CN1C(=O)C[C@H](C(=O)NCc1ccccc1)C(C)C)C(=O)O. The highest BCUT2D eigenvalue weighted by atomic mass is 16.5. The lowest BCUT2D eigenvalue weighted by Crippen LogP contribution is -2.44. The van der Waals surface area contributed by atoms with Gasteiger partial charge in [-0.15, -0.1) is 6.58 Å². The summed E-state index contributed by atoms with van der Waals surface area (Å²) >= 11 is 0. The number of rotatable bonds is 15. The number of ether oxygens (including phenoxy) is 2. The van der Waals surface area contributed by atoms with E-state index in [1.54, 1.807) is 13.2 Å². The lowest BCUT2D eigenvalue weighted by Gasteiger charge is -2.27. The number of nitrogens with one attached hydrogen (secondary N) is 1. The van der Waals surface area contributed by atoms with Crippen LogP contribution >= 0.6 is 0 Å². The third-order valence-electron chi connectivity index (χ3n) is 10.5. The van der Waals surface area contributed by atoms with Crippen molar-refractivity contribution in [2.75, 3.05) is 13.7 Å². The highest BCUT2D eigenvalue weighted by Gasteiger charge is 2.60. The molecule has 1 aliphatic carbocycles. The maximum atomic E-state index is 14.2. The molecule has 1 aromatic heterocycles. The highest BCUT2D eigenvalue weighted by Crippen LogP contribution is 2.56. The van der Waals surface area contributed by atoms with Gasteiger partial charge in [0.2, 0.25) is 11.8 Å². The molecule has 1 saturated heterocycles. The van der Waals surface area contributed by atoms with E-state index in [1.165, 1.54) is 4.90 Å². The van der Waals surface area contributed by atoms with Crippen LogP contribution in [0.3, 0.4) is 0 Å². The molecule has 0 bridgehead atoms. The molecule has 0 spiro atoms. The number of hydrogen-bond acceptors (Lipinski definition) is 7. The van der Waals surface area contributed by atoms with E-state index >= 15 is 0 Å². The number of aliphatic carboxylic acids is 1. The molecule has 10 nitrogen and oxygen atoms in total. The number of carboxylic acid groups (broad SMARTS) is 1. The summed E-state index contributed by atoms with van der Waals surface area (Å²) in [5, 5.41) is 13.8. The molecule has 2 amide bonds. The zero-order valence-electron chi connectivity index (χ0n) is 29.8. The fourth-order valence-electron chi connectivity index (χ4n) is 7.25. The van der Waals surface area contributed by atoms with Crippen molar-refractivity contribution in [2.45, 2.75) is 58.2 Å². The van der Waals surface area contributed by atoms with E-state index in [4.69, 9.17) is 14.5 Å². The molecule has 2 heterocycles. The summed E-state index contributed by atoms with van der Waals surface area (Å²) in [5.41, 5.74) is 1.94. The molecule has 3 aromatic carbocycles. The Morgan fingerprint density at radius 3 is 2.38 bits per heavy atom. The number of ketones is 1. The van der Waals surface area contributed by atoms with Crippen molar-refractivity contribution in [3.05, 3.63) is 103 Å². The lowest BCUT2D eigenvalue weighted by molar-refractivity contribution is -0.147. The fraction of sp³-hybridized carbons (Fsp3) is 0.357. The first-order valence-corrected chi connectivity index (χ1v) is 17.7. The molecule has 0 radical (unpaired) electrons. The minimum absolute atomic E-state index is 0.0945. The number of methoxy groups -OCH3 is 1. The van der Waals surface area contributed by atoms with Gasteiger partial charge < -0.3 is 24.8 Å². The van der Waals surface area contributed by atoms with Crippen molar-refractivity contribution < 1.29 is 33.8 Å². The van der Waals surface area contributed by atoms with Crippen molar-refractivity contribution in [1.82, 2.24) is 15.2 Å². The Bertz CT molecular complexity index is 1960. The van der Waals surface area contributed by atoms with Gasteiger partial charge in [0, 0.05) is 54.8 Å². The van der Waals surface area contributed by atoms with Crippen LogP contribution in [0, 0.1) is 23.2 Å². The predicted octanol–water partition coefficient (Wildman–Crippen LogP) is 6.47. The largest absolute Gasteiger partial charge is 0.497 e. The standard InChI is InChI=1S/C42H45N3O7/c1-5-29-22-42(29,41(49)50)23-37(46)36-19-31(25-45(36)39(47)20-33(26(2)3)40(48)43-24-27-12-8-6-9-13-27)52-38-21-34(28-14-10-7-11-15-28)44-35-18-30(51-4)16-17-32(35)38/h5-18,21,26,29,31,33,36H,1,19-20,22-25H2,2-4H3,(H,43,48)(H,49,50)/t29?,31-,33+,36+,42-/m1/s1. The Morgan fingerprint density at radius 1 is 1.04 bits per heavy atom. The normalized spacial score (nSPS) is 21.4. The van der Waals surface area contributed by atoms with Crippen molar-refractivity contribution in [3.8, 4) is 22.8 Å². The van der Waals surface area contributed by atoms with Gasteiger partial charge in [0.25, 0.3) is 0 Å². The maximum absolute atomic E-state index is 14.2. The topological polar surface area (TPSA) is 135 Å². The van der Waals surface area contributed by atoms with Gasteiger partial charge in [-0.3, -0.25) is 19.2 Å². The molecule has 52 heavy (non-hydrogen) atoms. The van der Waals surface area contributed by atoms with Crippen LogP contribution in [0.2, 0.25) is 0 Å². The van der Waals surface area contributed by atoms with Gasteiger partial charge in [-0.1, -0.05) is 80.6 Å². The molecular formula is C42H45N3O7. The fourth-order valence-corrected chi connectivity index (χ4v) is 7.25. The minimum Gasteiger partial charge on any atom is -0.497 e. The van der Waals surface area contributed by atoms with E-state index < -0.39 is 29.4 Å².